The van der Waals surface area contributed by atoms with E-state index in [9.17, 15) is 20.0 Å². The van der Waals surface area contributed by atoms with E-state index >= 15 is 0 Å². The molecule has 92 valence electrons. The van der Waals surface area contributed by atoms with Crippen LogP contribution >= 0.6 is 0 Å². The second-order valence-electron chi connectivity index (χ2n) is 3.67. The highest BCUT2D eigenvalue weighted by molar-refractivity contribution is 5.57. The molecule has 0 aliphatic carbocycles. The number of nitrogens with one attached hydrogen (secondary N) is 1. The Hall–Kier alpha value is -2.70. The lowest BCUT2D eigenvalue weighted by molar-refractivity contribution is -0.384. The number of rotatable bonds is 2. The van der Waals surface area contributed by atoms with Crippen LogP contribution in [0.4, 0.5) is 5.69 Å². The molecule has 0 aliphatic heterocycles. The van der Waals surface area contributed by atoms with Crippen LogP contribution in [0.15, 0.2) is 29.1 Å². The Morgan fingerprint density at radius 3 is 2.44 bits per heavy atom. The lowest BCUT2D eigenvalue weighted by Crippen LogP contribution is -2.12. The maximum absolute atomic E-state index is 11.4. The molecular weight excluding hydrogens is 238 g/mol. The number of non-ortho nitro benzene ring substituents is 1. The third-order valence-electron chi connectivity index (χ3n) is 2.48. The maximum Gasteiger partial charge on any atom is 0.269 e. The first-order chi connectivity index (χ1) is 8.49. The predicted molar refractivity (Wildman–Crippen MR) is 63.3 cm³/mol. The van der Waals surface area contributed by atoms with Gasteiger partial charge in [-0.2, -0.15) is 4.98 Å². The van der Waals surface area contributed by atoms with Gasteiger partial charge in [0, 0.05) is 17.7 Å². The van der Waals surface area contributed by atoms with Crippen LogP contribution in [-0.2, 0) is 0 Å². The standard InChI is InChI=1S/C11H9N3O4/c1-6-10(15)12-9(13-11(6)16)7-2-4-8(5-3-7)14(17)18/h2-5H,1H3,(H2,12,13,15,16). The molecule has 0 unspecified atom stereocenters. The van der Waals surface area contributed by atoms with E-state index in [0.717, 1.165) is 0 Å². The SMILES string of the molecule is Cc1c(O)nc(-c2ccc([N+](=O)[O-])cc2)[nH]c1=O. The molecule has 2 aromatic rings. The summed E-state index contributed by atoms with van der Waals surface area (Å²) in [4.78, 5) is 27.7. The number of aromatic amines is 1. The quantitative estimate of drug-likeness (QED) is 0.615. The smallest absolute Gasteiger partial charge is 0.269 e. The van der Waals surface area contributed by atoms with E-state index in [2.05, 4.69) is 9.97 Å². The molecule has 0 atom stereocenters. The normalized spacial score (nSPS) is 10.3. The molecule has 0 fully saturated rings. The number of hydrogen-bond donors (Lipinski definition) is 2. The Morgan fingerprint density at radius 1 is 1.33 bits per heavy atom. The molecule has 0 saturated heterocycles. The average molecular weight is 247 g/mol. The molecule has 1 aromatic heterocycles. The number of aromatic hydroxyl groups is 1. The number of hydrogen-bond acceptors (Lipinski definition) is 5. The average Bonchev–Trinajstić information content (AvgIpc) is 2.35. The molecule has 1 aromatic carbocycles. The Kier molecular flexibility index (Phi) is 2.80. The molecule has 0 amide bonds. The molecule has 0 spiro atoms. The van der Waals surface area contributed by atoms with Crippen LogP contribution in [0.1, 0.15) is 5.56 Å². The zero-order valence-electron chi connectivity index (χ0n) is 9.38. The largest absolute Gasteiger partial charge is 0.493 e. The summed E-state index contributed by atoms with van der Waals surface area (Å²) in [6.07, 6.45) is 0. The fraction of sp³-hybridized carbons (Fsp3) is 0.0909. The van der Waals surface area contributed by atoms with Gasteiger partial charge in [0.25, 0.3) is 11.2 Å². The van der Waals surface area contributed by atoms with Crippen molar-refractivity contribution in [3.05, 3.63) is 50.3 Å². The van der Waals surface area contributed by atoms with E-state index in [4.69, 9.17) is 0 Å². The Labute approximate surface area is 101 Å². The predicted octanol–water partition coefficient (Wildman–Crippen LogP) is 1.36. The summed E-state index contributed by atoms with van der Waals surface area (Å²) in [7, 11) is 0. The summed E-state index contributed by atoms with van der Waals surface area (Å²) in [6.45, 7) is 1.45. The summed E-state index contributed by atoms with van der Waals surface area (Å²) >= 11 is 0. The minimum Gasteiger partial charge on any atom is -0.493 e. The van der Waals surface area contributed by atoms with Crippen LogP contribution < -0.4 is 5.56 Å². The summed E-state index contributed by atoms with van der Waals surface area (Å²) < 4.78 is 0. The first-order valence-corrected chi connectivity index (χ1v) is 5.04. The molecule has 0 aliphatic rings. The summed E-state index contributed by atoms with van der Waals surface area (Å²) in [5, 5.41) is 19.9. The van der Waals surface area contributed by atoms with E-state index < -0.39 is 10.5 Å². The van der Waals surface area contributed by atoms with Crippen LogP contribution in [0.25, 0.3) is 11.4 Å². The van der Waals surface area contributed by atoms with Gasteiger partial charge in [-0.1, -0.05) is 0 Å². The first-order valence-electron chi connectivity index (χ1n) is 5.04. The van der Waals surface area contributed by atoms with Crippen LogP contribution in [0.2, 0.25) is 0 Å². The van der Waals surface area contributed by atoms with Crippen molar-refractivity contribution >= 4 is 5.69 Å². The van der Waals surface area contributed by atoms with Crippen LogP contribution in [0.3, 0.4) is 0 Å². The third-order valence-corrected chi connectivity index (χ3v) is 2.48. The number of nitro benzene ring substituents is 1. The van der Waals surface area contributed by atoms with E-state index in [0.29, 0.717) is 5.56 Å². The van der Waals surface area contributed by atoms with Gasteiger partial charge in [-0.3, -0.25) is 14.9 Å². The van der Waals surface area contributed by atoms with Gasteiger partial charge < -0.3 is 10.1 Å². The number of nitrogens with zero attached hydrogens (tertiary/aromatic N) is 2. The fourth-order valence-electron chi connectivity index (χ4n) is 1.40. The van der Waals surface area contributed by atoms with Crippen LogP contribution in [0.5, 0.6) is 5.88 Å². The molecule has 0 saturated carbocycles. The van der Waals surface area contributed by atoms with Gasteiger partial charge in [-0.25, -0.2) is 0 Å². The van der Waals surface area contributed by atoms with Gasteiger partial charge in [0.15, 0.2) is 0 Å². The molecule has 2 N–H and O–H groups in total. The van der Waals surface area contributed by atoms with Crippen molar-refractivity contribution in [2.24, 2.45) is 0 Å². The number of aromatic nitrogens is 2. The van der Waals surface area contributed by atoms with Crippen molar-refractivity contribution in [3.63, 3.8) is 0 Å². The zero-order chi connectivity index (χ0) is 13.3. The van der Waals surface area contributed by atoms with Gasteiger partial charge >= 0.3 is 0 Å². The van der Waals surface area contributed by atoms with Crippen molar-refractivity contribution < 1.29 is 10.0 Å². The molecular formula is C11H9N3O4. The Balaban J connectivity index is 2.49. The maximum atomic E-state index is 11.4. The number of benzene rings is 1. The van der Waals surface area contributed by atoms with Gasteiger partial charge in [-0.05, 0) is 19.1 Å². The van der Waals surface area contributed by atoms with E-state index in [1.807, 2.05) is 0 Å². The van der Waals surface area contributed by atoms with Gasteiger partial charge in [-0.15, -0.1) is 0 Å². The van der Waals surface area contributed by atoms with Gasteiger partial charge in [0.05, 0.1) is 10.5 Å². The zero-order valence-corrected chi connectivity index (χ0v) is 9.38. The molecule has 0 radical (unpaired) electrons. The minimum atomic E-state index is -0.521. The summed E-state index contributed by atoms with van der Waals surface area (Å²) in [6, 6.07) is 5.49. The molecule has 1 heterocycles. The summed E-state index contributed by atoms with van der Waals surface area (Å²) in [5.41, 5.74) is 0.0990. The monoisotopic (exact) mass is 247 g/mol. The van der Waals surface area contributed by atoms with Crippen molar-refractivity contribution in [3.8, 4) is 17.3 Å². The van der Waals surface area contributed by atoms with Crippen LogP contribution in [-0.4, -0.2) is 20.0 Å². The highest BCUT2D eigenvalue weighted by Gasteiger charge is 2.09. The molecule has 0 bridgehead atoms. The molecule has 18 heavy (non-hydrogen) atoms. The molecule has 7 nitrogen and oxygen atoms in total. The second kappa shape index (κ2) is 4.28. The van der Waals surface area contributed by atoms with Crippen molar-refractivity contribution in [2.75, 3.05) is 0 Å². The topological polar surface area (TPSA) is 109 Å². The van der Waals surface area contributed by atoms with Crippen molar-refractivity contribution in [2.45, 2.75) is 6.92 Å². The second-order valence-corrected chi connectivity index (χ2v) is 3.67. The highest BCUT2D eigenvalue weighted by atomic mass is 16.6. The first kappa shape index (κ1) is 11.8. The van der Waals surface area contributed by atoms with Gasteiger partial charge in [0.1, 0.15) is 5.82 Å². The third kappa shape index (κ3) is 2.05. The highest BCUT2D eigenvalue weighted by Crippen LogP contribution is 2.20. The van der Waals surface area contributed by atoms with Crippen molar-refractivity contribution in [1.82, 2.24) is 9.97 Å². The van der Waals surface area contributed by atoms with E-state index in [1.165, 1.54) is 31.2 Å². The molecule has 7 heteroatoms. The summed E-state index contributed by atoms with van der Waals surface area (Å²) in [5.74, 6) is -0.190. The number of H-pyrrole nitrogens is 1. The van der Waals surface area contributed by atoms with Crippen LogP contribution in [0, 0.1) is 17.0 Å². The fourth-order valence-corrected chi connectivity index (χ4v) is 1.40. The van der Waals surface area contributed by atoms with Crippen molar-refractivity contribution in [1.29, 1.82) is 0 Å². The number of nitro groups is 1. The lowest BCUT2D eigenvalue weighted by atomic mass is 10.2. The van der Waals surface area contributed by atoms with E-state index in [-0.39, 0.29) is 23.0 Å². The minimum absolute atomic E-state index is 0.0579. The van der Waals surface area contributed by atoms with E-state index in [1.54, 1.807) is 0 Å². The Bertz CT molecular complexity index is 661. The lowest BCUT2D eigenvalue weighted by Gasteiger charge is -2.02. The molecule has 2 rings (SSSR count). The van der Waals surface area contributed by atoms with Gasteiger partial charge in [0.2, 0.25) is 5.88 Å². The Morgan fingerprint density at radius 2 is 1.94 bits per heavy atom.